The monoisotopic (exact) mass is 428 g/mol. The van der Waals surface area contributed by atoms with Crippen molar-refractivity contribution in [2.24, 2.45) is 5.41 Å². The summed E-state index contributed by atoms with van der Waals surface area (Å²) < 4.78 is 21.3. The summed E-state index contributed by atoms with van der Waals surface area (Å²) in [5.74, 6) is 0.440. The van der Waals surface area contributed by atoms with E-state index in [2.05, 4.69) is 4.57 Å². The van der Waals surface area contributed by atoms with Gasteiger partial charge in [0.1, 0.15) is 11.6 Å². The van der Waals surface area contributed by atoms with Crippen LogP contribution < -0.4 is 0 Å². The van der Waals surface area contributed by atoms with Crippen LogP contribution in [-0.4, -0.2) is 22.1 Å². The summed E-state index contributed by atoms with van der Waals surface area (Å²) in [6, 6.07) is 12.4. The third kappa shape index (κ3) is 4.51. The Kier molecular flexibility index (Phi) is 6.09. The maximum Gasteiger partial charge on any atom is 0.306 e. The van der Waals surface area contributed by atoms with Crippen LogP contribution in [0, 0.1) is 11.2 Å². The molecule has 6 heteroatoms. The summed E-state index contributed by atoms with van der Waals surface area (Å²) in [5, 5.41) is 0.691. The molecule has 1 fully saturated rings. The minimum atomic E-state index is -0.299. The van der Waals surface area contributed by atoms with E-state index in [1.165, 1.54) is 12.1 Å². The molecular weight excluding hydrogens is 403 g/mol. The number of hydrogen-bond donors (Lipinski definition) is 0. The van der Waals surface area contributed by atoms with Crippen molar-refractivity contribution in [1.29, 1.82) is 0 Å². The topological polar surface area (TPSA) is 44.1 Å². The number of carbonyl (C=O) groups excluding carboxylic acids is 1. The van der Waals surface area contributed by atoms with Crippen LogP contribution in [0.5, 0.6) is 0 Å². The molecule has 1 aliphatic carbocycles. The van der Waals surface area contributed by atoms with Crippen LogP contribution in [-0.2, 0) is 22.5 Å². The van der Waals surface area contributed by atoms with Crippen molar-refractivity contribution in [3.05, 3.63) is 64.7 Å². The van der Waals surface area contributed by atoms with Gasteiger partial charge in [-0.05, 0) is 55.0 Å². The Labute approximate surface area is 181 Å². The van der Waals surface area contributed by atoms with Gasteiger partial charge in [-0.2, -0.15) is 0 Å². The molecule has 4 nitrogen and oxygen atoms in total. The molecule has 2 aromatic carbocycles. The molecular formula is C24H26ClFN2O2. The highest BCUT2D eigenvalue weighted by Crippen LogP contribution is 2.44. The fourth-order valence-corrected chi connectivity index (χ4v) is 4.76. The highest BCUT2D eigenvalue weighted by molar-refractivity contribution is 6.30. The lowest BCUT2D eigenvalue weighted by Crippen LogP contribution is -2.27. The third-order valence-electron chi connectivity index (χ3n) is 6.07. The summed E-state index contributed by atoms with van der Waals surface area (Å²) in [6.45, 7) is 2.84. The zero-order chi connectivity index (χ0) is 21.1. The quantitative estimate of drug-likeness (QED) is 0.438. The summed E-state index contributed by atoms with van der Waals surface area (Å²) in [7, 11) is 0. The largest absolute Gasteiger partial charge is 0.466 e. The van der Waals surface area contributed by atoms with Crippen LogP contribution >= 0.6 is 11.6 Å². The van der Waals surface area contributed by atoms with Crippen molar-refractivity contribution in [2.45, 2.75) is 52.0 Å². The van der Waals surface area contributed by atoms with Crippen molar-refractivity contribution in [2.75, 3.05) is 6.61 Å². The molecule has 30 heavy (non-hydrogen) atoms. The molecule has 0 unspecified atom stereocenters. The zero-order valence-corrected chi connectivity index (χ0v) is 17.9. The van der Waals surface area contributed by atoms with Crippen LogP contribution in [0.15, 0.2) is 42.5 Å². The second-order valence-corrected chi connectivity index (χ2v) is 8.68. The van der Waals surface area contributed by atoms with Crippen LogP contribution in [0.4, 0.5) is 4.39 Å². The highest BCUT2D eigenvalue weighted by Gasteiger charge is 2.38. The Morgan fingerprint density at radius 2 is 1.93 bits per heavy atom. The number of hydrogen-bond acceptors (Lipinski definition) is 3. The molecule has 0 radical (unpaired) electrons. The van der Waals surface area contributed by atoms with E-state index in [1.54, 1.807) is 6.07 Å². The Hall–Kier alpha value is -2.40. The average Bonchev–Trinajstić information content (AvgIpc) is 3.28. The maximum atomic E-state index is 13.9. The lowest BCUT2D eigenvalue weighted by Gasteiger charge is -2.28. The Morgan fingerprint density at radius 3 is 2.63 bits per heavy atom. The van der Waals surface area contributed by atoms with E-state index in [4.69, 9.17) is 21.3 Å². The van der Waals surface area contributed by atoms with Gasteiger partial charge in [-0.3, -0.25) is 4.79 Å². The number of esters is 1. The minimum absolute atomic E-state index is 0.147. The van der Waals surface area contributed by atoms with E-state index in [1.807, 2.05) is 31.2 Å². The number of nitrogens with zero attached hydrogens (tertiary/aromatic N) is 2. The van der Waals surface area contributed by atoms with Gasteiger partial charge in [-0.1, -0.05) is 36.6 Å². The predicted octanol–water partition coefficient (Wildman–Crippen LogP) is 5.93. The van der Waals surface area contributed by atoms with E-state index < -0.39 is 0 Å². The fraction of sp³-hybridized carbons (Fsp3) is 0.417. The second kappa shape index (κ2) is 8.76. The Balaban J connectivity index is 1.71. The number of halogens is 2. The molecule has 158 valence electrons. The first-order chi connectivity index (χ1) is 14.5. The molecule has 3 aromatic rings. The van der Waals surface area contributed by atoms with E-state index in [-0.39, 0.29) is 17.2 Å². The lowest BCUT2D eigenvalue weighted by atomic mass is 9.79. The number of aromatic nitrogens is 2. The molecule has 1 heterocycles. The third-order valence-corrected chi connectivity index (χ3v) is 6.32. The first kappa shape index (κ1) is 20.9. The highest BCUT2D eigenvalue weighted by atomic mass is 35.5. The van der Waals surface area contributed by atoms with Crippen molar-refractivity contribution >= 4 is 28.6 Å². The summed E-state index contributed by atoms with van der Waals surface area (Å²) in [6.07, 6.45) is 5.24. The molecule has 0 saturated heterocycles. The van der Waals surface area contributed by atoms with Gasteiger partial charge in [-0.25, -0.2) is 9.37 Å². The van der Waals surface area contributed by atoms with E-state index in [0.29, 0.717) is 36.5 Å². The van der Waals surface area contributed by atoms with Gasteiger partial charge < -0.3 is 9.30 Å². The number of carbonyl (C=O) groups is 1. The molecule has 1 aliphatic rings. The van der Waals surface area contributed by atoms with Gasteiger partial charge in [0.2, 0.25) is 0 Å². The Bertz CT molecular complexity index is 1040. The van der Waals surface area contributed by atoms with Gasteiger partial charge in [0.15, 0.2) is 0 Å². The predicted molar refractivity (Wildman–Crippen MR) is 116 cm³/mol. The summed E-state index contributed by atoms with van der Waals surface area (Å²) >= 11 is 6.04. The summed E-state index contributed by atoms with van der Waals surface area (Å²) in [4.78, 5) is 17.1. The van der Waals surface area contributed by atoms with Crippen molar-refractivity contribution in [3.63, 3.8) is 0 Å². The average molecular weight is 429 g/mol. The molecule has 1 aromatic heterocycles. The van der Waals surface area contributed by atoms with E-state index in [0.717, 1.165) is 42.6 Å². The maximum absolute atomic E-state index is 13.9. The number of benzene rings is 2. The molecule has 4 rings (SSSR count). The molecule has 0 atom stereocenters. The van der Waals surface area contributed by atoms with E-state index >= 15 is 0 Å². The van der Waals surface area contributed by atoms with Gasteiger partial charge in [0.25, 0.3) is 0 Å². The molecule has 0 N–H and O–H groups in total. The lowest BCUT2D eigenvalue weighted by molar-refractivity contribution is -0.145. The first-order valence-electron chi connectivity index (χ1n) is 10.5. The molecule has 0 bridgehead atoms. The molecule has 0 spiro atoms. The van der Waals surface area contributed by atoms with Gasteiger partial charge >= 0.3 is 5.97 Å². The first-order valence-corrected chi connectivity index (χ1v) is 10.9. The Morgan fingerprint density at radius 1 is 1.20 bits per heavy atom. The van der Waals surface area contributed by atoms with Gasteiger partial charge in [0.05, 0.1) is 24.1 Å². The van der Waals surface area contributed by atoms with Crippen LogP contribution in [0.25, 0.3) is 11.0 Å². The van der Waals surface area contributed by atoms with Crippen molar-refractivity contribution in [1.82, 2.24) is 9.55 Å². The molecule has 0 aliphatic heterocycles. The number of fused-ring (bicyclic) bond motifs is 1. The SMILES string of the molecule is CCOC(=O)CC1(Cc2nc3cc(F)ccc3n2Cc2ccc(Cl)cc2)CCCC1. The number of rotatable bonds is 7. The van der Waals surface area contributed by atoms with Crippen molar-refractivity contribution < 1.29 is 13.9 Å². The number of imidazole rings is 1. The van der Waals surface area contributed by atoms with Crippen LogP contribution in [0.1, 0.15) is 50.4 Å². The zero-order valence-electron chi connectivity index (χ0n) is 17.2. The van der Waals surface area contributed by atoms with E-state index in [9.17, 15) is 9.18 Å². The van der Waals surface area contributed by atoms with Crippen molar-refractivity contribution in [3.8, 4) is 0 Å². The molecule has 0 amide bonds. The van der Waals surface area contributed by atoms with Gasteiger partial charge in [0, 0.05) is 24.1 Å². The van der Waals surface area contributed by atoms with Crippen LogP contribution in [0.2, 0.25) is 5.02 Å². The smallest absolute Gasteiger partial charge is 0.306 e. The fourth-order valence-electron chi connectivity index (χ4n) is 4.63. The second-order valence-electron chi connectivity index (χ2n) is 8.24. The standard InChI is InChI=1S/C24H26ClFN2O2/c1-2-30-23(29)15-24(11-3-4-12-24)14-22-27-20-13-19(26)9-10-21(20)28(22)16-17-5-7-18(25)8-6-17/h5-10,13H,2-4,11-12,14-16H2,1H3. The van der Waals surface area contributed by atoms with Gasteiger partial charge in [-0.15, -0.1) is 0 Å². The summed E-state index contributed by atoms with van der Waals surface area (Å²) in [5.41, 5.74) is 2.48. The van der Waals surface area contributed by atoms with Crippen LogP contribution in [0.3, 0.4) is 0 Å². The molecule has 1 saturated carbocycles. The normalized spacial score (nSPS) is 15.6. The number of ether oxygens (including phenoxy) is 1. The minimum Gasteiger partial charge on any atom is -0.466 e.